The number of amides is 1. The van der Waals surface area contributed by atoms with Gasteiger partial charge in [-0.2, -0.15) is 0 Å². The Morgan fingerprint density at radius 3 is 2.67 bits per heavy atom. The zero-order valence-electron chi connectivity index (χ0n) is 14.4. The Morgan fingerprint density at radius 2 is 2.00 bits per heavy atom. The molecule has 1 aromatic carbocycles. The van der Waals surface area contributed by atoms with Crippen molar-refractivity contribution in [3.8, 4) is 5.75 Å². The van der Waals surface area contributed by atoms with Gasteiger partial charge in [0.1, 0.15) is 5.75 Å². The average Bonchev–Trinajstić information content (AvgIpc) is 2.66. The fraction of sp³-hybridized carbons (Fsp3) is 0.368. The average molecular weight is 380 g/mol. The Balaban J connectivity index is 1.79. The van der Waals surface area contributed by atoms with Gasteiger partial charge in [-0.15, -0.1) is 13.2 Å². The second kappa shape index (κ2) is 8.39. The number of halogens is 3. The van der Waals surface area contributed by atoms with Crippen LogP contribution >= 0.6 is 0 Å². The van der Waals surface area contributed by atoms with E-state index in [2.05, 4.69) is 15.0 Å². The highest BCUT2D eigenvalue weighted by atomic mass is 19.4. The summed E-state index contributed by atoms with van der Waals surface area (Å²) in [6, 6.07) is 8.38. The van der Waals surface area contributed by atoms with Gasteiger partial charge in [-0.3, -0.25) is 9.78 Å². The van der Waals surface area contributed by atoms with Crippen molar-refractivity contribution in [1.29, 1.82) is 0 Å². The Labute approximate surface area is 154 Å². The van der Waals surface area contributed by atoms with E-state index in [0.29, 0.717) is 13.2 Å². The van der Waals surface area contributed by atoms with Gasteiger partial charge in [0.2, 0.25) is 0 Å². The first kappa shape index (κ1) is 19.2. The van der Waals surface area contributed by atoms with E-state index >= 15 is 0 Å². The van der Waals surface area contributed by atoms with Gasteiger partial charge < -0.3 is 14.8 Å². The van der Waals surface area contributed by atoms with Gasteiger partial charge in [0.15, 0.2) is 0 Å². The number of rotatable bonds is 5. The van der Waals surface area contributed by atoms with Crippen LogP contribution in [-0.2, 0) is 4.74 Å². The highest BCUT2D eigenvalue weighted by molar-refractivity contribution is 5.94. The van der Waals surface area contributed by atoms with E-state index < -0.39 is 18.0 Å². The molecule has 0 radical (unpaired) electrons. The van der Waals surface area contributed by atoms with Crippen LogP contribution in [-0.4, -0.2) is 30.5 Å². The van der Waals surface area contributed by atoms with E-state index in [9.17, 15) is 18.0 Å². The van der Waals surface area contributed by atoms with E-state index in [1.165, 1.54) is 12.1 Å². The summed E-state index contributed by atoms with van der Waals surface area (Å²) in [6.07, 6.45) is 0.0669. The third-order valence-corrected chi connectivity index (χ3v) is 4.40. The lowest BCUT2D eigenvalue weighted by molar-refractivity contribution is -0.274. The predicted molar refractivity (Wildman–Crippen MR) is 91.1 cm³/mol. The van der Waals surface area contributed by atoms with Crippen molar-refractivity contribution < 1.29 is 27.4 Å². The smallest absolute Gasteiger partial charge is 0.406 e. The van der Waals surface area contributed by atoms with Crippen LogP contribution in [0.2, 0.25) is 0 Å². The number of nitrogens with zero attached hydrogens (tertiary/aromatic N) is 1. The minimum Gasteiger partial charge on any atom is -0.406 e. The SMILES string of the molecule is O=C(NC(c1cccnc1)C1CCOCC1)c1cccc(OC(F)(F)F)c1. The molecule has 3 rings (SSSR count). The molecule has 1 amide bonds. The third kappa shape index (κ3) is 5.43. The molecule has 1 unspecified atom stereocenters. The molecular formula is C19H19F3N2O3. The third-order valence-electron chi connectivity index (χ3n) is 4.40. The summed E-state index contributed by atoms with van der Waals surface area (Å²) in [4.78, 5) is 16.8. The zero-order valence-corrected chi connectivity index (χ0v) is 14.4. The number of alkyl halides is 3. The van der Waals surface area contributed by atoms with Crippen LogP contribution in [0.25, 0.3) is 0 Å². The number of aromatic nitrogens is 1. The molecule has 0 aliphatic carbocycles. The van der Waals surface area contributed by atoms with Crippen molar-refractivity contribution >= 4 is 5.91 Å². The van der Waals surface area contributed by atoms with Crippen molar-refractivity contribution in [2.75, 3.05) is 13.2 Å². The lowest BCUT2D eigenvalue weighted by Gasteiger charge is -2.31. The van der Waals surface area contributed by atoms with Crippen LogP contribution in [0.4, 0.5) is 13.2 Å². The zero-order chi connectivity index (χ0) is 19.3. The van der Waals surface area contributed by atoms with Crippen LogP contribution in [0.5, 0.6) is 5.75 Å². The second-order valence-electron chi connectivity index (χ2n) is 6.26. The summed E-state index contributed by atoms with van der Waals surface area (Å²) in [7, 11) is 0. The van der Waals surface area contributed by atoms with Crippen molar-refractivity contribution in [3.63, 3.8) is 0 Å². The molecule has 1 aliphatic rings. The van der Waals surface area contributed by atoms with Crippen LogP contribution < -0.4 is 10.1 Å². The van der Waals surface area contributed by atoms with Crippen molar-refractivity contribution in [2.45, 2.75) is 25.2 Å². The topological polar surface area (TPSA) is 60.5 Å². The molecule has 0 spiro atoms. The normalized spacial score (nSPS) is 16.6. The maximum absolute atomic E-state index is 12.7. The van der Waals surface area contributed by atoms with Crippen molar-refractivity contribution in [2.24, 2.45) is 5.92 Å². The molecule has 1 atom stereocenters. The van der Waals surface area contributed by atoms with Gasteiger partial charge >= 0.3 is 6.36 Å². The molecule has 8 heteroatoms. The van der Waals surface area contributed by atoms with E-state index in [0.717, 1.165) is 30.5 Å². The largest absolute Gasteiger partial charge is 0.573 e. The molecular weight excluding hydrogens is 361 g/mol. The molecule has 27 heavy (non-hydrogen) atoms. The summed E-state index contributed by atoms with van der Waals surface area (Å²) in [6.45, 7) is 1.21. The highest BCUT2D eigenvalue weighted by Gasteiger charge is 2.31. The number of nitrogens with one attached hydrogen (secondary N) is 1. The Morgan fingerprint density at radius 1 is 1.22 bits per heavy atom. The summed E-state index contributed by atoms with van der Waals surface area (Å²) in [5, 5.41) is 2.94. The molecule has 2 heterocycles. The van der Waals surface area contributed by atoms with Gasteiger partial charge in [0, 0.05) is 31.2 Å². The highest BCUT2D eigenvalue weighted by Crippen LogP contribution is 2.30. The number of carbonyl (C=O) groups excluding carboxylic acids is 1. The summed E-state index contributed by atoms with van der Waals surface area (Å²) in [5.74, 6) is -0.747. The van der Waals surface area contributed by atoms with Crippen LogP contribution in [0.1, 0.15) is 34.8 Å². The maximum atomic E-state index is 12.7. The molecule has 1 saturated heterocycles. The molecule has 1 aliphatic heterocycles. The van der Waals surface area contributed by atoms with Gasteiger partial charge in [-0.05, 0) is 48.6 Å². The molecule has 1 aromatic heterocycles. The molecule has 0 bridgehead atoms. The first-order chi connectivity index (χ1) is 12.9. The van der Waals surface area contributed by atoms with Crippen LogP contribution in [0.3, 0.4) is 0 Å². The van der Waals surface area contributed by atoms with Crippen LogP contribution in [0, 0.1) is 5.92 Å². The van der Waals surface area contributed by atoms with Crippen molar-refractivity contribution in [1.82, 2.24) is 10.3 Å². The minimum absolute atomic E-state index is 0.0951. The Bertz CT molecular complexity index is 762. The van der Waals surface area contributed by atoms with Gasteiger partial charge in [0.25, 0.3) is 5.91 Å². The Kier molecular flexibility index (Phi) is 5.95. The molecule has 2 aromatic rings. The number of hydrogen-bond acceptors (Lipinski definition) is 4. The quantitative estimate of drug-likeness (QED) is 0.855. The first-order valence-electron chi connectivity index (χ1n) is 8.57. The molecule has 0 saturated carbocycles. The molecule has 5 nitrogen and oxygen atoms in total. The molecule has 144 valence electrons. The van der Waals surface area contributed by atoms with Crippen molar-refractivity contribution in [3.05, 3.63) is 59.9 Å². The summed E-state index contributed by atoms with van der Waals surface area (Å²) >= 11 is 0. The predicted octanol–water partition coefficient (Wildman–Crippen LogP) is 3.88. The summed E-state index contributed by atoms with van der Waals surface area (Å²) in [5.41, 5.74) is 0.943. The number of benzene rings is 1. The fourth-order valence-corrected chi connectivity index (χ4v) is 3.14. The lowest BCUT2D eigenvalue weighted by atomic mass is 9.87. The summed E-state index contributed by atoms with van der Waals surface area (Å²) < 4.78 is 46.5. The molecule has 1 fully saturated rings. The lowest BCUT2D eigenvalue weighted by Crippen LogP contribution is -2.36. The monoisotopic (exact) mass is 380 g/mol. The van der Waals surface area contributed by atoms with E-state index in [1.807, 2.05) is 6.07 Å². The minimum atomic E-state index is -4.81. The number of carbonyl (C=O) groups is 1. The van der Waals surface area contributed by atoms with Gasteiger partial charge in [-0.1, -0.05) is 12.1 Å². The fourth-order valence-electron chi connectivity index (χ4n) is 3.14. The van der Waals surface area contributed by atoms with E-state index in [-0.39, 0.29) is 17.5 Å². The van der Waals surface area contributed by atoms with Crippen LogP contribution in [0.15, 0.2) is 48.8 Å². The number of ether oxygens (including phenoxy) is 2. The first-order valence-corrected chi connectivity index (χ1v) is 8.57. The number of hydrogen-bond donors (Lipinski definition) is 1. The standard InChI is InChI=1S/C19H19F3N2O3/c20-19(21,22)27-16-5-1-3-14(11-16)18(25)24-17(13-6-9-26-10-7-13)15-4-2-8-23-12-15/h1-5,8,11-13,17H,6-7,9-10H2,(H,24,25). The number of pyridine rings is 1. The molecule has 1 N–H and O–H groups in total. The van der Waals surface area contributed by atoms with E-state index in [1.54, 1.807) is 18.5 Å². The maximum Gasteiger partial charge on any atom is 0.573 e. The second-order valence-corrected chi connectivity index (χ2v) is 6.26. The Hall–Kier alpha value is -2.61. The van der Waals surface area contributed by atoms with E-state index in [4.69, 9.17) is 4.74 Å². The van der Waals surface area contributed by atoms with Gasteiger partial charge in [0.05, 0.1) is 6.04 Å². The van der Waals surface area contributed by atoms with Gasteiger partial charge in [-0.25, -0.2) is 0 Å².